The Hall–Kier alpha value is -1.43. The Morgan fingerprint density at radius 3 is 2.76 bits per heavy atom. The number of thiophene rings is 1. The fourth-order valence-electron chi connectivity index (χ4n) is 5.37. The molecule has 29 heavy (non-hydrogen) atoms. The molecule has 2 aliphatic rings. The normalized spacial score (nSPS) is 23.1. The standard InChI is InChI=1S/C23H30N2O2S.ClH/c1-27-18-8-15-28-19(18)16-24-14-12-22(20-6-2-5-13-25-20)11-7-21(26)23(17-22)9-3-4-10-23;/h2,5-6,8,13,15,24H,3-4,7,9-12,14,16-17H2,1H3;1H. The maximum atomic E-state index is 12.8. The molecule has 6 heteroatoms. The van der Waals surface area contributed by atoms with Gasteiger partial charge >= 0.3 is 0 Å². The van der Waals surface area contributed by atoms with Crippen molar-refractivity contribution in [1.82, 2.24) is 10.3 Å². The number of hydrogen-bond acceptors (Lipinski definition) is 5. The zero-order valence-corrected chi connectivity index (χ0v) is 18.7. The topological polar surface area (TPSA) is 51.2 Å². The molecular formula is C23H31ClN2O2S. The summed E-state index contributed by atoms with van der Waals surface area (Å²) in [5.41, 5.74) is 1.09. The number of ketones is 1. The lowest BCUT2D eigenvalue weighted by Crippen LogP contribution is -2.45. The van der Waals surface area contributed by atoms with E-state index in [1.54, 1.807) is 18.4 Å². The zero-order chi connectivity index (χ0) is 19.5. The molecule has 1 unspecified atom stereocenters. The van der Waals surface area contributed by atoms with Crippen molar-refractivity contribution < 1.29 is 9.53 Å². The Bertz CT molecular complexity index is 804. The fourth-order valence-corrected chi connectivity index (χ4v) is 6.17. The number of halogens is 1. The van der Waals surface area contributed by atoms with E-state index < -0.39 is 0 Å². The van der Waals surface area contributed by atoms with Crippen LogP contribution in [-0.2, 0) is 16.8 Å². The molecule has 158 valence electrons. The molecule has 0 bridgehead atoms. The summed E-state index contributed by atoms with van der Waals surface area (Å²) < 4.78 is 5.42. The maximum Gasteiger partial charge on any atom is 0.139 e. The Labute approximate surface area is 183 Å². The summed E-state index contributed by atoms with van der Waals surface area (Å²) in [4.78, 5) is 18.8. The minimum atomic E-state index is -0.0905. The molecule has 2 heterocycles. The van der Waals surface area contributed by atoms with Crippen LogP contribution in [0.15, 0.2) is 35.8 Å². The summed E-state index contributed by atoms with van der Waals surface area (Å²) in [5.74, 6) is 1.47. The first-order valence-corrected chi connectivity index (χ1v) is 11.3. The van der Waals surface area contributed by atoms with Crippen LogP contribution in [0.5, 0.6) is 5.75 Å². The van der Waals surface area contributed by atoms with E-state index in [-0.39, 0.29) is 23.2 Å². The molecular weight excluding hydrogens is 404 g/mol. The van der Waals surface area contributed by atoms with E-state index in [0.29, 0.717) is 12.2 Å². The van der Waals surface area contributed by atoms with E-state index in [1.165, 1.54) is 23.4 Å². The molecule has 2 aromatic heterocycles. The Morgan fingerprint density at radius 1 is 1.21 bits per heavy atom. The van der Waals surface area contributed by atoms with Crippen molar-refractivity contribution in [3.63, 3.8) is 0 Å². The van der Waals surface area contributed by atoms with Gasteiger partial charge < -0.3 is 10.1 Å². The molecule has 1 atom stereocenters. The first-order valence-electron chi connectivity index (χ1n) is 10.4. The van der Waals surface area contributed by atoms with Gasteiger partial charge in [-0.3, -0.25) is 9.78 Å². The maximum absolute atomic E-state index is 12.8. The lowest BCUT2D eigenvalue weighted by Gasteiger charge is -2.45. The summed E-state index contributed by atoms with van der Waals surface area (Å²) >= 11 is 1.73. The molecule has 2 aromatic rings. The van der Waals surface area contributed by atoms with E-state index in [1.807, 2.05) is 18.3 Å². The molecule has 2 saturated carbocycles. The second-order valence-corrected chi connectivity index (χ2v) is 9.42. The largest absolute Gasteiger partial charge is 0.496 e. The zero-order valence-electron chi connectivity index (χ0n) is 17.1. The number of Topliss-reactive ketones (excluding diaryl/α,β-unsaturated/α-hetero) is 1. The molecule has 1 N–H and O–H groups in total. The molecule has 4 nitrogen and oxygen atoms in total. The van der Waals surface area contributed by atoms with Crippen LogP contribution in [0.25, 0.3) is 0 Å². The highest BCUT2D eigenvalue weighted by molar-refractivity contribution is 7.10. The SMILES string of the molecule is COc1ccsc1CNCCC1(c2ccccn2)CCC(=O)C2(CCCC2)C1.Cl. The smallest absolute Gasteiger partial charge is 0.139 e. The van der Waals surface area contributed by atoms with Crippen LogP contribution in [0.4, 0.5) is 0 Å². The van der Waals surface area contributed by atoms with Crippen LogP contribution in [0.3, 0.4) is 0 Å². The van der Waals surface area contributed by atoms with Crippen LogP contribution in [-0.4, -0.2) is 24.4 Å². The molecule has 0 aromatic carbocycles. The van der Waals surface area contributed by atoms with Gasteiger partial charge in [-0.25, -0.2) is 0 Å². The predicted octanol–water partition coefficient (Wildman–Crippen LogP) is 5.30. The lowest BCUT2D eigenvalue weighted by atomic mass is 9.58. The highest BCUT2D eigenvalue weighted by Gasteiger charge is 2.51. The first kappa shape index (κ1) is 22.3. The van der Waals surface area contributed by atoms with Crippen molar-refractivity contribution in [1.29, 1.82) is 0 Å². The van der Waals surface area contributed by atoms with Gasteiger partial charge in [0.15, 0.2) is 0 Å². The Kier molecular flexibility index (Phi) is 7.36. The van der Waals surface area contributed by atoms with Crippen LogP contribution < -0.4 is 10.1 Å². The van der Waals surface area contributed by atoms with Gasteiger partial charge in [-0.15, -0.1) is 23.7 Å². The minimum absolute atomic E-state index is 0. The highest BCUT2D eigenvalue weighted by atomic mass is 35.5. The lowest BCUT2D eigenvalue weighted by molar-refractivity contribution is -0.133. The van der Waals surface area contributed by atoms with Crippen LogP contribution in [0.2, 0.25) is 0 Å². The van der Waals surface area contributed by atoms with Gasteiger partial charge in [0.25, 0.3) is 0 Å². The quantitative estimate of drug-likeness (QED) is 0.600. The Morgan fingerprint density at radius 2 is 2.03 bits per heavy atom. The van der Waals surface area contributed by atoms with Gasteiger partial charge in [0.2, 0.25) is 0 Å². The third-order valence-corrected chi connectivity index (χ3v) is 7.76. The number of carbonyl (C=O) groups is 1. The average molecular weight is 435 g/mol. The third kappa shape index (κ3) is 4.52. The van der Waals surface area contributed by atoms with E-state index >= 15 is 0 Å². The summed E-state index contributed by atoms with van der Waals surface area (Å²) in [5, 5.41) is 5.68. The molecule has 0 radical (unpaired) electrons. The summed E-state index contributed by atoms with van der Waals surface area (Å²) in [7, 11) is 1.72. The molecule has 0 amide bonds. The van der Waals surface area contributed by atoms with Crippen molar-refractivity contribution >= 4 is 29.5 Å². The number of aromatic nitrogens is 1. The Balaban J connectivity index is 0.00000240. The van der Waals surface area contributed by atoms with Crippen molar-refractivity contribution in [2.75, 3.05) is 13.7 Å². The molecule has 1 spiro atoms. The van der Waals surface area contributed by atoms with Crippen LogP contribution in [0.1, 0.15) is 61.9 Å². The van der Waals surface area contributed by atoms with Gasteiger partial charge in [0.05, 0.1) is 12.0 Å². The van der Waals surface area contributed by atoms with E-state index in [9.17, 15) is 4.79 Å². The monoisotopic (exact) mass is 434 g/mol. The van der Waals surface area contributed by atoms with Gasteiger partial charge in [-0.2, -0.15) is 0 Å². The second kappa shape index (κ2) is 9.59. The average Bonchev–Trinajstić information content (AvgIpc) is 3.39. The minimum Gasteiger partial charge on any atom is -0.496 e. The number of nitrogens with zero attached hydrogens (tertiary/aromatic N) is 1. The molecule has 2 aliphatic carbocycles. The number of ether oxygens (including phenoxy) is 1. The highest BCUT2D eigenvalue weighted by Crippen LogP contribution is 2.54. The number of nitrogens with one attached hydrogen (secondary N) is 1. The van der Waals surface area contributed by atoms with Crippen LogP contribution >= 0.6 is 23.7 Å². The molecule has 2 fully saturated rings. The van der Waals surface area contributed by atoms with Gasteiger partial charge in [0.1, 0.15) is 11.5 Å². The van der Waals surface area contributed by atoms with Gasteiger partial charge in [-0.1, -0.05) is 18.9 Å². The molecule has 0 aliphatic heterocycles. The number of pyridine rings is 1. The second-order valence-electron chi connectivity index (χ2n) is 8.42. The number of carbonyl (C=O) groups excluding carboxylic acids is 1. The van der Waals surface area contributed by atoms with E-state index in [0.717, 1.165) is 50.9 Å². The van der Waals surface area contributed by atoms with E-state index in [4.69, 9.17) is 9.72 Å². The van der Waals surface area contributed by atoms with Crippen molar-refractivity contribution in [3.8, 4) is 5.75 Å². The predicted molar refractivity (Wildman–Crippen MR) is 120 cm³/mol. The number of methoxy groups -OCH3 is 1. The van der Waals surface area contributed by atoms with Gasteiger partial charge in [-0.05, 0) is 62.2 Å². The molecule has 4 rings (SSSR count). The summed E-state index contributed by atoms with van der Waals surface area (Å²) in [6.07, 6.45) is 10.1. The van der Waals surface area contributed by atoms with Crippen molar-refractivity contribution in [2.24, 2.45) is 5.41 Å². The first-order chi connectivity index (χ1) is 13.7. The van der Waals surface area contributed by atoms with Crippen molar-refractivity contribution in [2.45, 2.75) is 63.3 Å². The molecule has 0 saturated heterocycles. The number of hydrogen-bond donors (Lipinski definition) is 1. The van der Waals surface area contributed by atoms with Gasteiger partial charge in [0, 0.05) is 35.7 Å². The number of rotatable bonds is 7. The summed E-state index contributed by atoms with van der Waals surface area (Å²) in [6, 6.07) is 8.26. The third-order valence-electron chi connectivity index (χ3n) is 6.86. The summed E-state index contributed by atoms with van der Waals surface area (Å²) in [6.45, 7) is 1.74. The van der Waals surface area contributed by atoms with Crippen molar-refractivity contribution in [3.05, 3.63) is 46.4 Å². The fraction of sp³-hybridized carbons (Fsp3) is 0.565. The van der Waals surface area contributed by atoms with Crippen LogP contribution in [0, 0.1) is 5.41 Å². The van der Waals surface area contributed by atoms with E-state index in [2.05, 4.69) is 22.8 Å².